The minimum atomic E-state index is -4.41. The van der Waals surface area contributed by atoms with Gasteiger partial charge < -0.3 is 15.5 Å². The molecule has 0 spiro atoms. The molecule has 0 amide bonds. The Hall–Kier alpha value is -1.50. The molecule has 4 nitrogen and oxygen atoms in total. The third-order valence-corrected chi connectivity index (χ3v) is 2.79. The predicted octanol–water partition coefficient (Wildman–Crippen LogP) is 2.46. The number of hydrogen-bond acceptors (Lipinski definition) is 4. The van der Waals surface area contributed by atoms with Gasteiger partial charge in [-0.05, 0) is 32.6 Å². The minimum Gasteiger partial charge on any atom is -0.384 e. The Morgan fingerprint density at radius 2 is 1.80 bits per heavy atom. The van der Waals surface area contributed by atoms with Crippen molar-refractivity contribution in [2.24, 2.45) is 0 Å². The summed E-state index contributed by atoms with van der Waals surface area (Å²) >= 11 is 0. The Bertz CT molecular complexity index is 432. The Labute approximate surface area is 117 Å². The van der Waals surface area contributed by atoms with Crippen LogP contribution in [0, 0.1) is 0 Å². The Balaban J connectivity index is 3.03. The van der Waals surface area contributed by atoms with E-state index < -0.39 is 11.7 Å². The van der Waals surface area contributed by atoms with E-state index in [9.17, 15) is 13.2 Å². The van der Waals surface area contributed by atoms with Crippen LogP contribution in [0.2, 0.25) is 0 Å². The average Bonchev–Trinajstić information content (AvgIpc) is 2.32. The van der Waals surface area contributed by atoms with E-state index in [2.05, 4.69) is 4.98 Å². The molecule has 2 N–H and O–H groups in total. The number of likely N-dealkylation sites (N-methyl/N-ethyl adjacent to an activating group) is 1. The van der Waals surface area contributed by atoms with Crippen molar-refractivity contribution in [3.63, 3.8) is 0 Å². The molecule has 0 aliphatic rings. The molecule has 20 heavy (non-hydrogen) atoms. The summed E-state index contributed by atoms with van der Waals surface area (Å²) in [7, 11) is 3.83. The van der Waals surface area contributed by atoms with Crippen molar-refractivity contribution >= 4 is 11.6 Å². The van der Waals surface area contributed by atoms with Crippen LogP contribution in [0.1, 0.15) is 18.9 Å². The fourth-order valence-corrected chi connectivity index (χ4v) is 1.79. The van der Waals surface area contributed by atoms with E-state index in [4.69, 9.17) is 5.73 Å². The van der Waals surface area contributed by atoms with E-state index in [1.807, 2.05) is 30.8 Å². The van der Waals surface area contributed by atoms with Crippen LogP contribution in [0.25, 0.3) is 0 Å². The second kappa shape index (κ2) is 6.78. The van der Waals surface area contributed by atoms with Crippen LogP contribution in [0.3, 0.4) is 0 Å². The minimum absolute atomic E-state index is 0.110. The van der Waals surface area contributed by atoms with Crippen LogP contribution < -0.4 is 10.6 Å². The lowest BCUT2D eigenvalue weighted by Crippen LogP contribution is -2.33. The first-order valence-electron chi connectivity index (χ1n) is 6.48. The number of hydrogen-bond donors (Lipinski definition) is 1. The smallest absolute Gasteiger partial charge is 0.384 e. The van der Waals surface area contributed by atoms with Gasteiger partial charge in [0.05, 0.1) is 5.56 Å². The van der Waals surface area contributed by atoms with E-state index in [1.54, 1.807) is 0 Å². The van der Waals surface area contributed by atoms with E-state index in [0.29, 0.717) is 13.1 Å². The van der Waals surface area contributed by atoms with Crippen molar-refractivity contribution in [3.8, 4) is 0 Å². The monoisotopic (exact) mass is 290 g/mol. The third-order valence-electron chi connectivity index (χ3n) is 2.79. The molecular weight excluding hydrogens is 269 g/mol. The van der Waals surface area contributed by atoms with Gasteiger partial charge in [-0.1, -0.05) is 6.92 Å². The van der Waals surface area contributed by atoms with Gasteiger partial charge in [-0.3, -0.25) is 0 Å². The number of anilines is 2. The third kappa shape index (κ3) is 4.88. The van der Waals surface area contributed by atoms with E-state index >= 15 is 0 Å². The van der Waals surface area contributed by atoms with Gasteiger partial charge in [0, 0.05) is 19.6 Å². The molecule has 0 atom stereocenters. The number of nitrogen functional groups attached to an aromatic ring is 1. The van der Waals surface area contributed by atoms with Gasteiger partial charge in [-0.15, -0.1) is 0 Å². The molecule has 1 rings (SSSR count). The van der Waals surface area contributed by atoms with Crippen molar-refractivity contribution < 1.29 is 13.2 Å². The fraction of sp³-hybridized carbons (Fsp3) is 0.615. The van der Waals surface area contributed by atoms with Crippen LogP contribution in [0.5, 0.6) is 0 Å². The van der Waals surface area contributed by atoms with E-state index in [1.165, 1.54) is 0 Å². The maximum absolute atomic E-state index is 12.8. The second-order valence-corrected chi connectivity index (χ2v) is 4.93. The Kier molecular flexibility index (Phi) is 5.62. The lowest BCUT2D eigenvalue weighted by atomic mass is 10.2. The van der Waals surface area contributed by atoms with Crippen LogP contribution in [0.15, 0.2) is 12.1 Å². The summed E-state index contributed by atoms with van der Waals surface area (Å²) in [4.78, 5) is 7.83. The molecule has 1 aromatic heterocycles. The Morgan fingerprint density at radius 3 is 2.30 bits per heavy atom. The average molecular weight is 290 g/mol. The van der Waals surface area contributed by atoms with Crippen LogP contribution in [-0.2, 0) is 6.18 Å². The highest BCUT2D eigenvalue weighted by molar-refractivity contribution is 5.49. The molecule has 0 radical (unpaired) electrons. The number of pyridine rings is 1. The van der Waals surface area contributed by atoms with Crippen molar-refractivity contribution in [2.75, 3.05) is 44.4 Å². The molecule has 0 aromatic carbocycles. The summed E-state index contributed by atoms with van der Waals surface area (Å²) in [6.45, 7) is 3.95. The molecule has 114 valence electrons. The molecular formula is C13H21F3N4. The lowest BCUT2D eigenvalue weighted by Gasteiger charge is -2.25. The van der Waals surface area contributed by atoms with Gasteiger partial charge in [0.2, 0.25) is 0 Å². The van der Waals surface area contributed by atoms with Gasteiger partial charge in [0.1, 0.15) is 11.6 Å². The summed E-state index contributed by atoms with van der Waals surface area (Å²) in [5.41, 5.74) is 4.74. The van der Waals surface area contributed by atoms with E-state index in [-0.39, 0.29) is 11.6 Å². The zero-order chi connectivity index (χ0) is 15.3. The van der Waals surface area contributed by atoms with Gasteiger partial charge in [-0.2, -0.15) is 13.2 Å². The van der Waals surface area contributed by atoms with Gasteiger partial charge in [0.15, 0.2) is 0 Å². The molecule has 0 unspecified atom stereocenters. The molecule has 0 aliphatic carbocycles. The van der Waals surface area contributed by atoms with Crippen LogP contribution in [-0.4, -0.2) is 43.6 Å². The highest BCUT2D eigenvalue weighted by Crippen LogP contribution is 2.32. The highest BCUT2D eigenvalue weighted by atomic mass is 19.4. The molecule has 1 heterocycles. The normalized spacial score (nSPS) is 11.9. The second-order valence-electron chi connectivity index (χ2n) is 4.93. The predicted molar refractivity (Wildman–Crippen MR) is 74.7 cm³/mol. The topological polar surface area (TPSA) is 45.4 Å². The molecule has 0 bridgehead atoms. The highest BCUT2D eigenvalue weighted by Gasteiger charge is 2.32. The first-order chi connectivity index (χ1) is 9.24. The van der Waals surface area contributed by atoms with E-state index in [0.717, 1.165) is 25.1 Å². The number of aromatic nitrogens is 1. The number of nitrogens with two attached hydrogens (primary N) is 1. The van der Waals surface area contributed by atoms with Crippen molar-refractivity contribution in [2.45, 2.75) is 19.5 Å². The number of nitrogens with zero attached hydrogens (tertiary/aromatic N) is 3. The maximum Gasteiger partial charge on any atom is 0.416 e. The first-order valence-corrected chi connectivity index (χ1v) is 6.48. The van der Waals surface area contributed by atoms with Crippen LogP contribution in [0.4, 0.5) is 24.8 Å². The number of rotatable bonds is 6. The number of alkyl halides is 3. The van der Waals surface area contributed by atoms with Crippen LogP contribution >= 0.6 is 0 Å². The zero-order valence-electron chi connectivity index (χ0n) is 12.0. The lowest BCUT2D eigenvalue weighted by molar-refractivity contribution is -0.137. The maximum atomic E-state index is 12.8. The molecule has 0 aliphatic heterocycles. The van der Waals surface area contributed by atoms with Gasteiger partial charge in [0.25, 0.3) is 0 Å². The van der Waals surface area contributed by atoms with Crippen molar-refractivity contribution in [3.05, 3.63) is 17.7 Å². The van der Waals surface area contributed by atoms with Crippen molar-refractivity contribution in [1.29, 1.82) is 0 Å². The standard InChI is InChI=1S/C13H21F3N4/c1-4-5-20(7-6-19(2)3)12-9-10(13(14,15)16)8-11(17)18-12/h8-9H,4-7H2,1-3H3,(H2,17,18). The van der Waals surface area contributed by atoms with Gasteiger partial charge in [-0.25, -0.2) is 4.98 Å². The molecule has 0 fully saturated rings. The summed E-state index contributed by atoms with van der Waals surface area (Å²) < 4.78 is 38.4. The van der Waals surface area contributed by atoms with Crippen molar-refractivity contribution in [1.82, 2.24) is 9.88 Å². The molecule has 1 aromatic rings. The SMILES string of the molecule is CCCN(CCN(C)C)c1cc(C(F)(F)F)cc(N)n1. The summed E-state index contributed by atoms with van der Waals surface area (Å²) in [6.07, 6.45) is -3.59. The number of halogens is 3. The summed E-state index contributed by atoms with van der Waals surface area (Å²) in [5.74, 6) is 0.168. The quantitative estimate of drug-likeness (QED) is 0.874. The molecule has 0 saturated carbocycles. The fourth-order valence-electron chi connectivity index (χ4n) is 1.79. The molecule has 7 heteroatoms. The zero-order valence-corrected chi connectivity index (χ0v) is 12.0. The Morgan fingerprint density at radius 1 is 1.15 bits per heavy atom. The molecule has 0 saturated heterocycles. The summed E-state index contributed by atoms with van der Waals surface area (Å²) in [5, 5.41) is 0. The first kappa shape index (κ1) is 16.6. The van der Waals surface area contributed by atoms with Gasteiger partial charge >= 0.3 is 6.18 Å². The summed E-state index contributed by atoms with van der Waals surface area (Å²) in [6, 6.07) is 1.92. The largest absolute Gasteiger partial charge is 0.416 e.